The Hall–Kier alpha value is -3.33. The average Bonchev–Trinajstić information content (AvgIpc) is 3.47. The molecule has 9 heteroatoms. The van der Waals surface area contributed by atoms with Gasteiger partial charge in [-0.25, -0.2) is 4.98 Å². The molecule has 0 atom stereocenters. The minimum Gasteiger partial charge on any atom is -0.493 e. The zero-order valence-electron chi connectivity index (χ0n) is 20.9. The molecule has 2 aromatic heterocycles. The van der Waals surface area contributed by atoms with Crippen LogP contribution >= 0.6 is 11.3 Å². The van der Waals surface area contributed by atoms with Crippen LogP contribution in [0.2, 0.25) is 0 Å². The number of carbonyl (C=O) groups excluding carboxylic acids is 2. The molecule has 3 heterocycles. The molecule has 186 valence electrons. The first-order valence-electron chi connectivity index (χ1n) is 11.7. The average molecular weight is 497 g/mol. The van der Waals surface area contributed by atoms with Crippen LogP contribution in [0.4, 0.5) is 0 Å². The van der Waals surface area contributed by atoms with Crippen molar-refractivity contribution >= 4 is 23.2 Å². The van der Waals surface area contributed by atoms with E-state index in [0.717, 1.165) is 33.8 Å². The Balaban J connectivity index is 1.76. The first-order valence-corrected chi connectivity index (χ1v) is 12.6. The molecule has 1 aliphatic heterocycles. The van der Waals surface area contributed by atoms with Gasteiger partial charge in [0.2, 0.25) is 5.91 Å². The van der Waals surface area contributed by atoms with Crippen molar-refractivity contribution in [2.24, 2.45) is 5.41 Å². The van der Waals surface area contributed by atoms with Crippen molar-refractivity contribution in [1.82, 2.24) is 20.2 Å². The third kappa shape index (κ3) is 5.51. The van der Waals surface area contributed by atoms with E-state index in [4.69, 9.17) is 14.5 Å². The number of nitrogens with zero attached hydrogens (tertiary/aromatic N) is 2. The minimum absolute atomic E-state index is 0.0315. The Morgan fingerprint density at radius 1 is 1.20 bits per heavy atom. The maximum atomic E-state index is 13.2. The summed E-state index contributed by atoms with van der Waals surface area (Å²) >= 11 is 1.59. The smallest absolute Gasteiger partial charge is 0.287 e. The quantitative estimate of drug-likeness (QED) is 0.457. The highest BCUT2D eigenvalue weighted by Gasteiger charge is 2.30. The lowest BCUT2D eigenvalue weighted by Gasteiger charge is -2.23. The minimum atomic E-state index is -0.173. The zero-order chi connectivity index (χ0) is 25.2. The van der Waals surface area contributed by atoms with E-state index < -0.39 is 0 Å². The van der Waals surface area contributed by atoms with E-state index in [-0.39, 0.29) is 17.2 Å². The van der Waals surface area contributed by atoms with Gasteiger partial charge in [0.15, 0.2) is 17.3 Å². The van der Waals surface area contributed by atoms with Gasteiger partial charge < -0.3 is 24.7 Å². The highest BCUT2D eigenvalue weighted by molar-refractivity contribution is 7.13. The lowest BCUT2D eigenvalue weighted by Crippen LogP contribution is -2.34. The summed E-state index contributed by atoms with van der Waals surface area (Å²) in [4.78, 5) is 30.2. The monoisotopic (exact) mass is 496 g/mol. The number of aromatic nitrogens is 2. The van der Waals surface area contributed by atoms with E-state index in [1.165, 1.54) is 6.92 Å². The van der Waals surface area contributed by atoms with Crippen molar-refractivity contribution in [1.29, 1.82) is 0 Å². The van der Waals surface area contributed by atoms with Crippen LogP contribution in [0, 0.1) is 5.41 Å². The molecule has 0 saturated carbocycles. The largest absolute Gasteiger partial charge is 0.493 e. The van der Waals surface area contributed by atoms with Crippen LogP contribution in [-0.2, 0) is 17.8 Å². The molecule has 0 spiro atoms. The van der Waals surface area contributed by atoms with Gasteiger partial charge in [0.05, 0.1) is 24.2 Å². The summed E-state index contributed by atoms with van der Waals surface area (Å²) in [5.74, 6) is 1.37. The van der Waals surface area contributed by atoms with Crippen LogP contribution in [-0.4, -0.2) is 48.2 Å². The number of methoxy groups -OCH3 is 1. The Morgan fingerprint density at radius 3 is 2.66 bits per heavy atom. The summed E-state index contributed by atoms with van der Waals surface area (Å²) in [6.45, 7) is 9.64. The molecular formula is C26H32N4O4S. The highest BCUT2D eigenvalue weighted by atomic mass is 32.1. The van der Waals surface area contributed by atoms with Crippen molar-refractivity contribution in [3.05, 3.63) is 41.0 Å². The number of thiophene rings is 1. The molecule has 0 aliphatic carbocycles. The maximum absolute atomic E-state index is 13.2. The fourth-order valence-corrected chi connectivity index (χ4v) is 4.76. The molecule has 0 fully saturated rings. The maximum Gasteiger partial charge on any atom is 0.287 e. The normalized spacial score (nSPS) is 12.5. The molecule has 2 N–H and O–H groups in total. The number of fused-ring (bicyclic) bond motifs is 3. The predicted octanol–water partition coefficient (Wildman–Crippen LogP) is 4.13. The Morgan fingerprint density at radius 2 is 2.00 bits per heavy atom. The second-order valence-corrected chi connectivity index (χ2v) is 10.7. The van der Waals surface area contributed by atoms with E-state index >= 15 is 0 Å². The fraction of sp³-hybridized carbons (Fsp3) is 0.423. The molecular weight excluding hydrogens is 464 g/mol. The second-order valence-electron chi connectivity index (χ2n) is 9.75. The van der Waals surface area contributed by atoms with Crippen molar-refractivity contribution in [3.8, 4) is 33.3 Å². The number of benzene rings is 1. The van der Waals surface area contributed by atoms with Crippen LogP contribution in [0.5, 0.6) is 11.5 Å². The Labute approximate surface area is 209 Å². The Kier molecular flexibility index (Phi) is 7.16. The number of carbonyl (C=O) groups is 2. The number of amides is 2. The third-order valence-electron chi connectivity index (χ3n) is 5.69. The van der Waals surface area contributed by atoms with E-state index in [9.17, 15) is 9.59 Å². The van der Waals surface area contributed by atoms with Gasteiger partial charge in [-0.3, -0.25) is 9.59 Å². The van der Waals surface area contributed by atoms with Crippen molar-refractivity contribution in [2.45, 2.75) is 40.7 Å². The molecule has 35 heavy (non-hydrogen) atoms. The molecule has 0 radical (unpaired) electrons. The number of imidazole rings is 1. The van der Waals surface area contributed by atoms with Gasteiger partial charge in [-0.2, -0.15) is 0 Å². The van der Waals surface area contributed by atoms with E-state index in [2.05, 4.69) is 31.4 Å². The third-order valence-corrected chi connectivity index (χ3v) is 6.56. The standard InChI is InChI=1S/C26H32N4O4S/c1-16(31)27-9-11-34-20-14-18-17(13-19(20)33-5)8-10-30-23(18)22(21-7-6-12-35-21)29-24(30)25(32)28-15-26(2,3)4/h6-7,12-14H,8-11,15H2,1-5H3,(H,27,31)(H,28,32). The number of ether oxygens (including phenoxy) is 2. The molecule has 4 rings (SSSR count). The number of aryl methyl sites for hydroxylation is 1. The summed E-state index contributed by atoms with van der Waals surface area (Å²) in [5, 5.41) is 7.79. The molecule has 0 unspecified atom stereocenters. The second kappa shape index (κ2) is 10.1. The lowest BCUT2D eigenvalue weighted by atomic mass is 9.95. The van der Waals surface area contributed by atoms with E-state index in [1.807, 2.05) is 34.2 Å². The van der Waals surface area contributed by atoms with Crippen LogP contribution in [0.1, 0.15) is 43.9 Å². The van der Waals surface area contributed by atoms with Gasteiger partial charge in [0.25, 0.3) is 5.91 Å². The highest BCUT2D eigenvalue weighted by Crippen LogP contribution is 2.43. The summed E-state index contributed by atoms with van der Waals surface area (Å²) in [5.41, 5.74) is 3.75. The van der Waals surface area contributed by atoms with Crippen LogP contribution in [0.25, 0.3) is 21.8 Å². The van der Waals surface area contributed by atoms with E-state index in [0.29, 0.717) is 43.6 Å². The Bertz CT molecular complexity index is 1230. The number of nitrogens with one attached hydrogen (secondary N) is 2. The lowest BCUT2D eigenvalue weighted by molar-refractivity contribution is -0.119. The molecule has 1 aromatic carbocycles. The first kappa shape index (κ1) is 24.8. The predicted molar refractivity (Wildman–Crippen MR) is 137 cm³/mol. The molecule has 8 nitrogen and oxygen atoms in total. The van der Waals surface area contributed by atoms with Gasteiger partial charge in [-0.05, 0) is 41.0 Å². The van der Waals surface area contributed by atoms with Crippen LogP contribution < -0.4 is 20.1 Å². The first-order chi connectivity index (χ1) is 16.7. The topological polar surface area (TPSA) is 94.5 Å². The fourth-order valence-electron chi connectivity index (χ4n) is 4.05. The van der Waals surface area contributed by atoms with Crippen LogP contribution in [0.15, 0.2) is 29.6 Å². The van der Waals surface area contributed by atoms with Crippen molar-refractivity contribution < 1.29 is 19.1 Å². The zero-order valence-corrected chi connectivity index (χ0v) is 21.7. The molecule has 0 saturated heterocycles. The summed E-state index contributed by atoms with van der Waals surface area (Å²) in [6, 6.07) is 7.96. The summed E-state index contributed by atoms with van der Waals surface area (Å²) < 4.78 is 13.6. The van der Waals surface area contributed by atoms with Gasteiger partial charge in [-0.1, -0.05) is 26.8 Å². The van der Waals surface area contributed by atoms with Gasteiger partial charge >= 0.3 is 0 Å². The number of rotatable bonds is 8. The summed E-state index contributed by atoms with van der Waals surface area (Å²) in [7, 11) is 1.62. The molecule has 0 bridgehead atoms. The molecule has 1 aliphatic rings. The van der Waals surface area contributed by atoms with Crippen molar-refractivity contribution in [2.75, 3.05) is 26.8 Å². The van der Waals surface area contributed by atoms with E-state index in [1.54, 1.807) is 18.4 Å². The number of hydrogen-bond acceptors (Lipinski definition) is 6. The van der Waals surface area contributed by atoms with Gasteiger partial charge in [0.1, 0.15) is 12.3 Å². The SMILES string of the molecule is COc1cc2c(cc1OCCNC(C)=O)-c1c(-c3cccs3)nc(C(=O)NCC(C)(C)C)n1CC2. The van der Waals surface area contributed by atoms with Crippen LogP contribution in [0.3, 0.4) is 0 Å². The van der Waals surface area contributed by atoms with Gasteiger partial charge in [-0.15, -0.1) is 11.3 Å². The number of hydrogen-bond donors (Lipinski definition) is 2. The molecule has 3 aromatic rings. The summed E-state index contributed by atoms with van der Waals surface area (Å²) in [6.07, 6.45) is 0.741. The van der Waals surface area contributed by atoms with Crippen molar-refractivity contribution in [3.63, 3.8) is 0 Å². The van der Waals surface area contributed by atoms with Gasteiger partial charge in [0, 0.05) is 25.6 Å². The molecule has 2 amide bonds.